The molecule has 0 atom stereocenters. The van der Waals surface area contributed by atoms with Crippen LogP contribution < -0.4 is 16.0 Å². The SMILES string of the molecule is CCNc1nc(NCC)n2c(SCC(=O)Nc3ccc(-n4nc(C)cc4C)c(F)c3)nnc2n1. The molecule has 0 aliphatic rings. The molecular formula is C21H25FN10OS. The highest BCUT2D eigenvalue weighted by atomic mass is 32.2. The molecule has 0 radical (unpaired) electrons. The molecule has 11 nitrogen and oxygen atoms in total. The Hall–Kier alpha value is -3.74. The van der Waals surface area contributed by atoms with Crippen LogP contribution in [0.25, 0.3) is 11.5 Å². The maximum absolute atomic E-state index is 14.7. The number of amides is 1. The van der Waals surface area contributed by atoms with Gasteiger partial charge < -0.3 is 16.0 Å². The molecule has 0 saturated heterocycles. The Bertz CT molecular complexity index is 1330. The van der Waals surface area contributed by atoms with Crippen molar-refractivity contribution >= 4 is 41.0 Å². The van der Waals surface area contributed by atoms with E-state index in [4.69, 9.17) is 0 Å². The molecule has 13 heteroatoms. The Labute approximate surface area is 199 Å². The summed E-state index contributed by atoms with van der Waals surface area (Å²) in [7, 11) is 0. The first kappa shape index (κ1) is 23.4. The lowest BCUT2D eigenvalue weighted by molar-refractivity contribution is -0.113. The molecular weight excluding hydrogens is 459 g/mol. The fraction of sp³-hybridized carbons (Fsp3) is 0.333. The third kappa shape index (κ3) is 4.93. The summed E-state index contributed by atoms with van der Waals surface area (Å²) >= 11 is 1.18. The number of hydrogen-bond donors (Lipinski definition) is 3. The quantitative estimate of drug-likeness (QED) is 0.307. The van der Waals surface area contributed by atoms with Gasteiger partial charge in [-0.05, 0) is 52.0 Å². The molecule has 4 aromatic rings. The topological polar surface area (TPSA) is 127 Å². The molecule has 34 heavy (non-hydrogen) atoms. The van der Waals surface area contributed by atoms with Crippen LogP contribution in [0.15, 0.2) is 29.4 Å². The summed E-state index contributed by atoms with van der Waals surface area (Å²) in [6.45, 7) is 8.91. The van der Waals surface area contributed by atoms with Gasteiger partial charge in [0.15, 0.2) is 11.0 Å². The molecule has 0 fully saturated rings. The normalized spacial score (nSPS) is 11.1. The highest BCUT2D eigenvalue weighted by Crippen LogP contribution is 2.23. The summed E-state index contributed by atoms with van der Waals surface area (Å²) in [5.74, 6) is 0.588. The molecule has 0 unspecified atom stereocenters. The van der Waals surface area contributed by atoms with Gasteiger partial charge in [-0.25, -0.2) is 13.5 Å². The van der Waals surface area contributed by atoms with E-state index in [9.17, 15) is 9.18 Å². The van der Waals surface area contributed by atoms with Gasteiger partial charge in [-0.3, -0.25) is 4.79 Å². The number of fused-ring (bicyclic) bond motifs is 1. The molecule has 0 aliphatic heterocycles. The predicted molar refractivity (Wildman–Crippen MR) is 129 cm³/mol. The molecule has 1 aromatic carbocycles. The zero-order chi connectivity index (χ0) is 24.2. The van der Waals surface area contributed by atoms with Gasteiger partial charge in [0.25, 0.3) is 5.78 Å². The van der Waals surface area contributed by atoms with Crippen molar-refractivity contribution in [2.75, 3.05) is 34.8 Å². The Morgan fingerprint density at radius 3 is 2.56 bits per heavy atom. The smallest absolute Gasteiger partial charge is 0.261 e. The van der Waals surface area contributed by atoms with Crippen LogP contribution in [0.5, 0.6) is 0 Å². The number of benzene rings is 1. The summed E-state index contributed by atoms with van der Waals surface area (Å²) in [6, 6.07) is 6.38. The number of nitrogens with zero attached hydrogens (tertiary/aromatic N) is 7. The number of carbonyl (C=O) groups is 1. The van der Waals surface area contributed by atoms with E-state index in [1.165, 1.54) is 22.5 Å². The second kappa shape index (κ2) is 10.0. The van der Waals surface area contributed by atoms with Crippen LogP contribution >= 0.6 is 11.8 Å². The third-order valence-corrected chi connectivity index (χ3v) is 5.65. The Morgan fingerprint density at radius 1 is 1.09 bits per heavy atom. The van der Waals surface area contributed by atoms with E-state index in [1.807, 2.05) is 33.8 Å². The minimum atomic E-state index is -0.482. The van der Waals surface area contributed by atoms with Gasteiger partial charge in [-0.2, -0.15) is 15.1 Å². The molecule has 0 saturated carbocycles. The summed E-state index contributed by atoms with van der Waals surface area (Å²) in [6.07, 6.45) is 0. The Kier molecular flexibility index (Phi) is 6.91. The zero-order valence-corrected chi connectivity index (χ0v) is 20.1. The van der Waals surface area contributed by atoms with E-state index in [1.54, 1.807) is 16.5 Å². The fourth-order valence-corrected chi connectivity index (χ4v) is 4.08. The predicted octanol–water partition coefficient (Wildman–Crippen LogP) is 3.06. The average molecular weight is 485 g/mol. The number of rotatable bonds is 9. The minimum absolute atomic E-state index is 0.0438. The number of hydrogen-bond acceptors (Lipinski definition) is 9. The average Bonchev–Trinajstić information content (AvgIpc) is 3.35. The lowest BCUT2D eigenvalue weighted by Gasteiger charge is -2.10. The minimum Gasteiger partial charge on any atom is -0.355 e. The van der Waals surface area contributed by atoms with Crippen molar-refractivity contribution in [3.05, 3.63) is 41.5 Å². The maximum atomic E-state index is 14.7. The van der Waals surface area contributed by atoms with E-state index < -0.39 is 5.82 Å². The molecule has 3 N–H and O–H groups in total. The van der Waals surface area contributed by atoms with Crippen LogP contribution in [0, 0.1) is 19.7 Å². The van der Waals surface area contributed by atoms with Gasteiger partial charge in [0.1, 0.15) is 5.69 Å². The molecule has 178 valence electrons. The number of halogens is 1. The van der Waals surface area contributed by atoms with Crippen molar-refractivity contribution in [3.63, 3.8) is 0 Å². The summed E-state index contributed by atoms with van der Waals surface area (Å²) in [5.41, 5.74) is 2.30. The van der Waals surface area contributed by atoms with Crippen molar-refractivity contribution in [3.8, 4) is 5.69 Å². The fourth-order valence-electron chi connectivity index (χ4n) is 3.35. The van der Waals surface area contributed by atoms with Crippen molar-refractivity contribution in [1.82, 2.24) is 34.3 Å². The number of carbonyl (C=O) groups excluding carboxylic acids is 1. The van der Waals surface area contributed by atoms with Crippen LogP contribution in [0.2, 0.25) is 0 Å². The van der Waals surface area contributed by atoms with Crippen molar-refractivity contribution < 1.29 is 9.18 Å². The van der Waals surface area contributed by atoms with Gasteiger partial charge >= 0.3 is 0 Å². The van der Waals surface area contributed by atoms with Crippen molar-refractivity contribution in [1.29, 1.82) is 0 Å². The second-order valence-electron chi connectivity index (χ2n) is 7.39. The molecule has 4 rings (SSSR count). The highest BCUT2D eigenvalue weighted by molar-refractivity contribution is 7.99. The summed E-state index contributed by atoms with van der Waals surface area (Å²) in [5, 5.41) is 21.9. The molecule has 1 amide bonds. The number of thioether (sulfide) groups is 1. The van der Waals surface area contributed by atoms with Gasteiger partial charge in [0.05, 0.1) is 11.4 Å². The molecule has 0 bridgehead atoms. The molecule has 3 aromatic heterocycles. The number of nitrogens with one attached hydrogen (secondary N) is 3. The molecule has 0 spiro atoms. The van der Waals surface area contributed by atoms with E-state index in [0.717, 1.165) is 11.4 Å². The van der Waals surface area contributed by atoms with Gasteiger partial charge in [0, 0.05) is 24.5 Å². The zero-order valence-electron chi connectivity index (χ0n) is 19.3. The van der Waals surface area contributed by atoms with Gasteiger partial charge in [-0.1, -0.05) is 11.8 Å². The second-order valence-corrected chi connectivity index (χ2v) is 8.33. The van der Waals surface area contributed by atoms with Crippen LogP contribution in [0.1, 0.15) is 25.2 Å². The highest BCUT2D eigenvalue weighted by Gasteiger charge is 2.16. The lowest BCUT2D eigenvalue weighted by Crippen LogP contribution is -2.15. The Morgan fingerprint density at radius 2 is 1.88 bits per heavy atom. The third-order valence-electron chi connectivity index (χ3n) is 4.72. The van der Waals surface area contributed by atoms with Crippen LogP contribution in [0.4, 0.5) is 22.0 Å². The van der Waals surface area contributed by atoms with Crippen LogP contribution in [-0.2, 0) is 4.79 Å². The molecule has 0 aliphatic carbocycles. The van der Waals surface area contributed by atoms with Crippen LogP contribution in [-0.4, -0.2) is 59.1 Å². The number of aromatic nitrogens is 7. The van der Waals surface area contributed by atoms with Crippen molar-refractivity contribution in [2.45, 2.75) is 32.9 Å². The van der Waals surface area contributed by atoms with E-state index in [-0.39, 0.29) is 11.7 Å². The first-order valence-electron chi connectivity index (χ1n) is 10.8. The first-order chi connectivity index (χ1) is 16.4. The number of anilines is 3. The van der Waals surface area contributed by atoms with E-state index in [0.29, 0.717) is 47.3 Å². The summed E-state index contributed by atoms with van der Waals surface area (Å²) in [4.78, 5) is 21.3. The van der Waals surface area contributed by atoms with Gasteiger partial charge in [-0.15, -0.1) is 10.2 Å². The largest absolute Gasteiger partial charge is 0.355 e. The number of aryl methyl sites for hydroxylation is 2. The van der Waals surface area contributed by atoms with E-state index >= 15 is 0 Å². The van der Waals surface area contributed by atoms with Crippen molar-refractivity contribution in [2.24, 2.45) is 0 Å². The lowest BCUT2D eigenvalue weighted by atomic mass is 10.2. The maximum Gasteiger partial charge on any atom is 0.261 e. The summed E-state index contributed by atoms with van der Waals surface area (Å²) < 4.78 is 17.9. The Balaban J connectivity index is 1.46. The van der Waals surface area contributed by atoms with Crippen LogP contribution in [0.3, 0.4) is 0 Å². The van der Waals surface area contributed by atoms with E-state index in [2.05, 4.69) is 41.2 Å². The standard InChI is InChI=1S/C21H25FN10OS/c1-5-23-18-26-19(24-6-2)31-20(27-18)28-29-21(31)34-11-17(33)25-14-7-8-16(15(22)10-14)32-13(4)9-12(3)30-32/h7-10H,5-6,11H2,1-4H3,(H,25,33)(H2,23,24,26,27,28). The first-order valence-corrected chi connectivity index (χ1v) is 11.7. The molecule has 3 heterocycles. The monoisotopic (exact) mass is 484 g/mol. The van der Waals surface area contributed by atoms with Gasteiger partial charge in [0.2, 0.25) is 17.8 Å².